The Morgan fingerprint density at radius 3 is 2.63 bits per heavy atom. The Labute approximate surface area is 249 Å². The molecule has 212 valence electrons. The Kier molecular flexibility index (Phi) is 9.22. The van der Waals surface area contributed by atoms with Crippen LogP contribution in [0, 0.1) is 0 Å². The van der Waals surface area contributed by atoms with Crippen LogP contribution in [-0.2, 0) is 20.9 Å². The highest BCUT2D eigenvalue weighted by molar-refractivity contribution is 9.10. The highest BCUT2D eigenvalue weighted by atomic mass is 79.9. The summed E-state index contributed by atoms with van der Waals surface area (Å²) in [6, 6.07) is 16.5. The van der Waals surface area contributed by atoms with Gasteiger partial charge in [0.05, 0.1) is 35.4 Å². The van der Waals surface area contributed by atoms with E-state index in [1.807, 2.05) is 30.3 Å². The standard InChI is InChI=1S/C29H27BrN4O6S/c1-38-24-15-19(14-23(30)27(24)40-18-21-4-2-3-9-31-21)16-25-28(36)34(29(37)41-25)17-26(35)32-20-5-7-22(8-6-20)33-10-12-39-13-11-33/h2-9,14-16H,10-13,17-18H2,1H3,(H,32,35)/b25-16+. The lowest BCUT2D eigenvalue weighted by atomic mass is 10.2. The van der Waals surface area contributed by atoms with Crippen molar-refractivity contribution in [2.24, 2.45) is 0 Å². The van der Waals surface area contributed by atoms with Gasteiger partial charge in [-0.1, -0.05) is 6.07 Å². The number of nitrogens with one attached hydrogen (secondary N) is 1. The number of hydrogen-bond donors (Lipinski definition) is 1. The molecule has 2 fully saturated rings. The summed E-state index contributed by atoms with van der Waals surface area (Å²) >= 11 is 4.29. The maximum absolute atomic E-state index is 13.0. The molecule has 41 heavy (non-hydrogen) atoms. The number of benzene rings is 2. The van der Waals surface area contributed by atoms with Gasteiger partial charge in [-0.05, 0) is 87.9 Å². The summed E-state index contributed by atoms with van der Waals surface area (Å²) in [5, 5.41) is 2.25. The average Bonchev–Trinajstić information content (AvgIpc) is 3.24. The van der Waals surface area contributed by atoms with Crippen LogP contribution in [0.25, 0.3) is 6.08 Å². The molecule has 1 N–H and O–H groups in total. The summed E-state index contributed by atoms with van der Waals surface area (Å²) in [6.07, 6.45) is 3.28. The van der Waals surface area contributed by atoms with Crippen LogP contribution in [0.5, 0.6) is 11.5 Å². The number of methoxy groups -OCH3 is 1. The number of hydrogen-bond acceptors (Lipinski definition) is 9. The van der Waals surface area contributed by atoms with Gasteiger partial charge in [0.2, 0.25) is 5.91 Å². The van der Waals surface area contributed by atoms with Crippen LogP contribution < -0.4 is 19.7 Å². The average molecular weight is 640 g/mol. The minimum Gasteiger partial charge on any atom is -0.493 e. The molecule has 0 radical (unpaired) electrons. The van der Waals surface area contributed by atoms with E-state index in [1.54, 1.807) is 36.5 Å². The first-order chi connectivity index (χ1) is 19.9. The van der Waals surface area contributed by atoms with Crippen LogP contribution >= 0.6 is 27.7 Å². The summed E-state index contributed by atoms with van der Waals surface area (Å²) in [4.78, 5) is 46.0. The van der Waals surface area contributed by atoms with Gasteiger partial charge in [0.15, 0.2) is 11.5 Å². The minimum atomic E-state index is -0.539. The topological polar surface area (TPSA) is 110 Å². The van der Waals surface area contributed by atoms with Gasteiger partial charge in [-0.2, -0.15) is 0 Å². The Morgan fingerprint density at radius 2 is 1.93 bits per heavy atom. The maximum atomic E-state index is 13.0. The molecule has 10 nitrogen and oxygen atoms in total. The van der Waals surface area contributed by atoms with Gasteiger partial charge in [-0.25, -0.2) is 0 Å². The number of amides is 3. The number of ether oxygens (including phenoxy) is 3. The fourth-order valence-electron chi connectivity index (χ4n) is 4.30. The summed E-state index contributed by atoms with van der Waals surface area (Å²) in [5.41, 5.74) is 3.00. The lowest BCUT2D eigenvalue weighted by Crippen LogP contribution is -2.36. The number of imide groups is 1. The highest BCUT2D eigenvalue weighted by Crippen LogP contribution is 2.39. The van der Waals surface area contributed by atoms with E-state index in [0.717, 1.165) is 41.1 Å². The second-order valence-electron chi connectivity index (χ2n) is 9.11. The molecule has 0 unspecified atom stereocenters. The van der Waals surface area contributed by atoms with E-state index in [-0.39, 0.29) is 18.1 Å². The fraction of sp³-hybridized carbons (Fsp3) is 0.241. The first-order valence-electron chi connectivity index (χ1n) is 12.8. The van der Waals surface area contributed by atoms with Crippen molar-refractivity contribution in [1.29, 1.82) is 0 Å². The lowest BCUT2D eigenvalue weighted by molar-refractivity contribution is -0.127. The lowest BCUT2D eigenvalue weighted by Gasteiger charge is -2.28. The van der Waals surface area contributed by atoms with Crippen molar-refractivity contribution in [3.05, 3.63) is 81.4 Å². The predicted molar refractivity (Wildman–Crippen MR) is 160 cm³/mol. The van der Waals surface area contributed by atoms with Crippen LogP contribution in [0.1, 0.15) is 11.3 Å². The van der Waals surface area contributed by atoms with E-state index in [9.17, 15) is 14.4 Å². The normalized spacial score (nSPS) is 16.3. The number of carbonyl (C=O) groups is 3. The molecule has 2 aliphatic heterocycles. The van der Waals surface area contributed by atoms with Gasteiger partial charge in [0.25, 0.3) is 11.1 Å². The first-order valence-corrected chi connectivity index (χ1v) is 14.4. The molecular formula is C29H27BrN4O6S. The second kappa shape index (κ2) is 13.2. The summed E-state index contributed by atoms with van der Waals surface area (Å²) in [6.45, 7) is 2.84. The zero-order valence-electron chi connectivity index (χ0n) is 22.2. The van der Waals surface area contributed by atoms with Crippen molar-refractivity contribution >= 4 is 62.2 Å². The zero-order valence-corrected chi connectivity index (χ0v) is 24.6. The summed E-state index contributed by atoms with van der Waals surface area (Å²) < 4.78 is 17.4. The van der Waals surface area contributed by atoms with Crippen molar-refractivity contribution in [1.82, 2.24) is 9.88 Å². The van der Waals surface area contributed by atoms with E-state index in [0.29, 0.717) is 40.4 Å². The smallest absolute Gasteiger partial charge is 0.294 e. The Balaban J connectivity index is 1.22. The van der Waals surface area contributed by atoms with Crippen molar-refractivity contribution in [3.63, 3.8) is 0 Å². The van der Waals surface area contributed by atoms with E-state index in [2.05, 4.69) is 31.1 Å². The third-order valence-corrected chi connectivity index (χ3v) is 7.84. The van der Waals surface area contributed by atoms with Gasteiger partial charge in [-0.3, -0.25) is 24.3 Å². The van der Waals surface area contributed by atoms with Crippen LogP contribution in [0.15, 0.2) is 70.2 Å². The number of morpholine rings is 1. The number of nitrogens with zero attached hydrogens (tertiary/aromatic N) is 3. The molecule has 3 heterocycles. The largest absolute Gasteiger partial charge is 0.493 e. The van der Waals surface area contributed by atoms with Crippen molar-refractivity contribution in [2.75, 3.05) is 50.2 Å². The number of thioether (sulfide) groups is 1. The number of halogens is 1. The van der Waals surface area contributed by atoms with Gasteiger partial charge >= 0.3 is 0 Å². The number of rotatable bonds is 9. The van der Waals surface area contributed by atoms with E-state index in [4.69, 9.17) is 14.2 Å². The van der Waals surface area contributed by atoms with Crippen LogP contribution in [-0.4, -0.2) is 66.9 Å². The molecule has 3 aromatic rings. The molecule has 0 atom stereocenters. The van der Waals surface area contributed by atoms with Crippen molar-refractivity contribution in [3.8, 4) is 11.5 Å². The van der Waals surface area contributed by atoms with Gasteiger partial charge in [0, 0.05) is 30.7 Å². The number of carbonyl (C=O) groups excluding carboxylic acids is 3. The first kappa shape index (κ1) is 28.7. The summed E-state index contributed by atoms with van der Waals surface area (Å²) in [5.74, 6) is -0.0762. The Hall–Kier alpha value is -3.87. The molecule has 3 amide bonds. The quantitative estimate of drug-likeness (QED) is 0.326. The predicted octanol–water partition coefficient (Wildman–Crippen LogP) is 4.94. The molecule has 0 spiro atoms. The van der Waals surface area contributed by atoms with Crippen LogP contribution in [0.3, 0.4) is 0 Å². The minimum absolute atomic E-state index is 0.203. The fourth-order valence-corrected chi connectivity index (χ4v) is 5.71. The second-order valence-corrected chi connectivity index (χ2v) is 11.0. The summed E-state index contributed by atoms with van der Waals surface area (Å²) in [7, 11) is 1.52. The molecule has 2 aliphatic rings. The molecule has 0 aliphatic carbocycles. The van der Waals surface area contributed by atoms with E-state index >= 15 is 0 Å². The molecule has 0 saturated carbocycles. The maximum Gasteiger partial charge on any atom is 0.294 e. The number of anilines is 2. The number of pyridine rings is 1. The van der Waals surface area contributed by atoms with Crippen LogP contribution in [0.2, 0.25) is 0 Å². The molecule has 2 aromatic carbocycles. The molecule has 1 aromatic heterocycles. The van der Waals surface area contributed by atoms with Crippen molar-refractivity contribution < 1.29 is 28.6 Å². The Bertz CT molecular complexity index is 1460. The third-order valence-electron chi connectivity index (χ3n) is 6.34. The monoisotopic (exact) mass is 638 g/mol. The van der Waals surface area contributed by atoms with E-state index in [1.165, 1.54) is 7.11 Å². The third kappa shape index (κ3) is 7.07. The molecule has 2 saturated heterocycles. The highest BCUT2D eigenvalue weighted by Gasteiger charge is 2.36. The van der Waals surface area contributed by atoms with Gasteiger partial charge < -0.3 is 24.4 Å². The molecule has 5 rings (SSSR count). The molecule has 0 bridgehead atoms. The molecular weight excluding hydrogens is 612 g/mol. The zero-order chi connectivity index (χ0) is 28.8. The van der Waals surface area contributed by atoms with Crippen molar-refractivity contribution in [2.45, 2.75) is 6.61 Å². The SMILES string of the molecule is COc1cc(/C=C2/SC(=O)N(CC(=O)Nc3ccc(N4CCOCC4)cc3)C2=O)cc(Br)c1OCc1ccccn1. The van der Waals surface area contributed by atoms with Crippen LogP contribution in [0.4, 0.5) is 16.2 Å². The Morgan fingerprint density at radius 1 is 1.15 bits per heavy atom. The van der Waals surface area contributed by atoms with E-state index < -0.39 is 17.1 Å². The molecule has 12 heteroatoms. The number of aromatic nitrogens is 1. The van der Waals surface area contributed by atoms with Gasteiger partial charge in [-0.15, -0.1) is 0 Å². The van der Waals surface area contributed by atoms with Gasteiger partial charge in [0.1, 0.15) is 13.2 Å².